The van der Waals surface area contributed by atoms with Gasteiger partial charge in [0.25, 0.3) is 0 Å². The molecule has 5 heteroatoms. The van der Waals surface area contributed by atoms with E-state index in [1.807, 2.05) is 43.3 Å². The van der Waals surface area contributed by atoms with Gasteiger partial charge >= 0.3 is 0 Å². The van der Waals surface area contributed by atoms with Crippen LogP contribution in [0.5, 0.6) is 0 Å². The van der Waals surface area contributed by atoms with Gasteiger partial charge in [0.1, 0.15) is 0 Å². The van der Waals surface area contributed by atoms with Crippen molar-refractivity contribution in [3.8, 4) is 0 Å². The Morgan fingerprint density at radius 2 is 1.71 bits per heavy atom. The summed E-state index contributed by atoms with van der Waals surface area (Å²) in [4.78, 5) is 11.3. The van der Waals surface area contributed by atoms with Crippen LogP contribution in [-0.4, -0.2) is 5.91 Å². The fourth-order valence-corrected chi connectivity index (χ4v) is 2.19. The average molecular weight is 323 g/mol. The SMILES string of the molecule is CCC(=O)Nc1ccc(NCc2cccc(Cl)c2Cl)cc1. The van der Waals surface area contributed by atoms with Crippen molar-refractivity contribution in [2.24, 2.45) is 0 Å². The molecule has 110 valence electrons. The topological polar surface area (TPSA) is 41.1 Å². The molecule has 0 fully saturated rings. The Kier molecular flexibility index (Phi) is 5.48. The van der Waals surface area contributed by atoms with Gasteiger partial charge in [-0.3, -0.25) is 4.79 Å². The molecule has 0 atom stereocenters. The lowest BCUT2D eigenvalue weighted by atomic mass is 10.2. The maximum absolute atomic E-state index is 11.3. The quantitative estimate of drug-likeness (QED) is 0.817. The highest BCUT2D eigenvalue weighted by Gasteiger charge is 2.04. The van der Waals surface area contributed by atoms with Gasteiger partial charge in [-0.2, -0.15) is 0 Å². The van der Waals surface area contributed by atoms with Gasteiger partial charge in [-0.05, 0) is 35.9 Å². The average Bonchev–Trinajstić information content (AvgIpc) is 2.50. The van der Waals surface area contributed by atoms with Crippen LogP contribution in [0.1, 0.15) is 18.9 Å². The summed E-state index contributed by atoms with van der Waals surface area (Å²) >= 11 is 12.1. The minimum absolute atomic E-state index is 0.00131. The van der Waals surface area contributed by atoms with E-state index in [-0.39, 0.29) is 5.91 Å². The molecule has 2 rings (SSSR count). The van der Waals surface area contributed by atoms with Crippen LogP contribution in [0.2, 0.25) is 10.0 Å². The molecule has 0 aliphatic carbocycles. The van der Waals surface area contributed by atoms with E-state index in [9.17, 15) is 4.79 Å². The Morgan fingerprint density at radius 1 is 1.05 bits per heavy atom. The summed E-state index contributed by atoms with van der Waals surface area (Å²) < 4.78 is 0. The highest BCUT2D eigenvalue weighted by atomic mass is 35.5. The van der Waals surface area contributed by atoms with Gasteiger partial charge in [0.2, 0.25) is 5.91 Å². The van der Waals surface area contributed by atoms with Crippen LogP contribution >= 0.6 is 23.2 Å². The lowest BCUT2D eigenvalue weighted by Gasteiger charge is -2.10. The highest BCUT2D eigenvalue weighted by molar-refractivity contribution is 6.42. The van der Waals surface area contributed by atoms with E-state index in [4.69, 9.17) is 23.2 Å². The standard InChI is InChI=1S/C16H16Cl2N2O/c1-2-15(21)20-13-8-6-12(7-9-13)19-10-11-4-3-5-14(17)16(11)18/h3-9,19H,2,10H2,1H3,(H,20,21). The molecule has 0 unspecified atom stereocenters. The highest BCUT2D eigenvalue weighted by Crippen LogP contribution is 2.26. The van der Waals surface area contributed by atoms with E-state index in [1.165, 1.54) is 0 Å². The van der Waals surface area contributed by atoms with E-state index in [1.54, 1.807) is 6.07 Å². The number of nitrogens with one attached hydrogen (secondary N) is 2. The van der Waals surface area contributed by atoms with Crippen molar-refractivity contribution >= 4 is 40.5 Å². The zero-order chi connectivity index (χ0) is 15.2. The lowest BCUT2D eigenvalue weighted by Crippen LogP contribution is -2.09. The number of anilines is 2. The van der Waals surface area contributed by atoms with Crippen molar-refractivity contribution in [1.29, 1.82) is 0 Å². The monoisotopic (exact) mass is 322 g/mol. The molecule has 0 bridgehead atoms. The van der Waals surface area contributed by atoms with Crippen LogP contribution < -0.4 is 10.6 Å². The summed E-state index contributed by atoms with van der Waals surface area (Å²) in [5.41, 5.74) is 2.67. The normalized spacial score (nSPS) is 10.2. The van der Waals surface area contributed by atoms with Gasteiger partial charge in [0.15, 0.2) is 0 Å². The molecule has 0 radical (unpaired) electrons. The fourth-order valence-electron chi connectivity index (χ4n) is 1.80. The second-order valence-corrected chi connectivity index (χ2v) is 5.33. The molecule has 3 nitrogen and oxygen atoms in total. The molecule has 0 saturated carbocycles. The third-order valence-electron chi connectivity index (χ3n) is 3.00. The van der Waals surface area contributed by atoms with Crippen molar-refractivity contribution in [2.45, 2.75) is 19.9 Å². The Labute approximate surface area is 134 Å². The van der Waals surface area contributed by atoms with Crippen LogP contribution in [0, 0.1) is 0 Å². The first-order valence-electron chi connectivity index (χ1n) is 6.67. The molecule has 0 aromatic heterocycles. The van der Waals surface area contributed by atoms with Crippen molar-refractivity contribution in [3.63, 3.8) is 0 Å². The zero-order valence-corrected chi connectivity index (χ0v) is 13.1. The first kappa shape index (κ1) is 15.7. The Morgan fingerprint density at radius 3 is 2.38 bits per heavy atom. The molecule has 1 amide bonds. The van der Waals surface area contributed by atoms with Crippen LogP contribution in [0.4, 0.5) is 11.4 Å². The number of benzene rings is 2. The molecule has 0 heterocycles. The number of rotatable bonds is 5. The summed E-state index contributed by atoms with van der Waals surface area (Å²) in [6, 6.07) is 13.1. The molecule has 2 aromatic rings. The van der Waals surface area contributed by atoms with Gasteiger partial charge in [0.05, 0.1) is 10.0 Å². The largest absolute Gasteiger partial charge is 0.381 e. The summed E-state index contributed by atoms with van der Waals surface area (Å²) in [7, 11) is 0. The molecule has 0 aliphatic heterocycles. The lowest BCUT2D eigenvalue weighted by molar-refractivity contribution is -0.115. The molecule has 2 aromatic carbocycles. The first-order chi connectivity index (χ1) is 10.1. The van der Waals surface area contributed by atoms with Crippen LogP contribution in [0.3, 0.4) is 0 Å². The zero-order valence-electron chi connectivity index (χ0n) is 11.6. The molecule has 21 heavy (non-hydrogen) atoms. The van der Waals surface area contributed by atoms with E-state index >= 15 is 0 Å². The Balaban J connectivity index is 1.97. The van der Waals surface area contributed by atoms with Gasteiger partial charge in [0, 0.05) is 24.3 Å². The van der Waals surface area contributed by atoms with Crippen LogP contribution in [0.15, 0.2) is 42.5 Å². The number of hydrogen-bond donors (Lipinski definition) is 2. The van der Waals surface area contributed by atoms with E-state index in [0.29, 0.717) is 23.0 Å². The van der Waals surface area contributed by atoms with Crippen LogP contribution in [0.25, 0.3) is 0 Å². The number of carbonyl (C=O) groups excluding carboxylic acids is 1. The first-order valence-corrected chi connectivity index (χ1v) is 7.42. The fraction of sp³-hybridized carbons (Fsp3) is 0.188. The van der Waals surface area contributed by atoms with Crippen molar-refractivity contribution < 1.29 is 4.79 Å². The number of hydrogen-bond acceptors (Lipinski definition) is 2. The predicted molar refractivity (Wildman–Crippen MR) is 89.2 cm³/mol. The number of carbonyl (C=O) groups is 1. The maximum Gasteiger partial charge on any atom is 0.224 e. The summed E-state index contributed by atoms with van der Waals surface area (Å²) in [5, 5.41) is 7.19. The molecule has 2 N–H and O–H groups in total. The van der Waals surface area contributed by atoms with Crippen molar-refractivity contribution in [2.75, 3.05) is 10.6 Å². The van der Waals surface area contributed by atoms with E-state index in [0.717, 1.165) is 16.9 Å². The predicted octanol–water partition coefficient (Wildman–Crippen LogP) is 4.95. The van der Waals surface area contributed by atoms with E-state index in [2.05, 4.69) is 10.6 Å². The van der Waals surface area contributed by atoms with E-state index < -0.39 is 0 Å². The smallest absolute Gasteiger partial charge is 0.224 e. The maximum atomic E-state index is 11.3. The van der Waals surface area contributed by atoms with Crippen LogP contribution in [-0.2, 0) is 11.3 Å². The molecule has 0 spiro atoms. The number of halogens is 2. The van der Waals surface area contributed by atoms with Gasteiger partial charge < -0.3 is 10.6 Å². The third kappa shape index (κ3) is 4.38. The summed E-state index contributed by atoms with van der Waals surface area (Å²) in [6.45, 7) is 2.40. The molecular formula is C16H16Cl2N2O. The summed E-state index contributed by atoms with van der Waals surface area (Å²) in [5.74, 6) is 0.00131. The summed E-state index contributed by atoms with van der Waals surface area (Å²) in [6.07, 6.45) is 0.466. The minimum Gasteiger partial charge on any atom is -0.381 e. The van der Waals surface area contributed by atoms with Gasteiger partial charge in [-0.25, -0.2) is 0 Å². The minimum atomic E-state index is 0.00131. The van der Waals surface area contributed by atoms with Crippen molar-refractivity contribution in [3.05, 3.63) is 58.1 Å². The molecule has 0 aliphatic rings. The molecule has 0 saturated heterocycles. The van der Waals surface area contributed by atoms with Crippen molar-refractivity contribution in [1.82, 2.24) is 0 Å². The molecular weight excluding hydrogens is 307 g/mol. The Hall–Kier alpha value is -1.71. The second-order valence-electron chi connectivity index (χ2n) is 4.55. The Bertz CT molecular complexity index is 627. The second kappa shape index (κ2) is 7.34. The number of amides is 1. The van der Waals surface area contributed by atoms with Gasteiger partial charge in [-0.1, -0.05) is 42.3 Å². The third-order valence-corrected chi connectivity index (χ3v) is 3.86. The van der Waals surface area contributed by atoms with Gasteiger partial charge in [-0.15, -0.1) is 0 Å².